The molecule has 1 atom stereocenters. The second-order valence-corrected chi connectivity index (χ2v) is 4.88. The van der Waals surface area contributed by atoms with Gasteiger partial charge in [-0.3, -0.25) is 4.98 Å². The molecule has 1 aromatic heterocycles. The minimum atomic E-state index is 0.604. The first-order chi connectivity index (χ1) is 7.81. The average Bonchev–Trinajstić information content (AvgIpc) is 3.13. The molecule has 0 saturated heterocycles. The maximum atomic E-state index is 4.52. The Kier molecular flexibility index (Phi) is 3.94. The van der Waals surface area contributed by atoms with Crippen LogP contribution in [0.2, 0.25) is 0 Å². The zero-order chi connectivity index (χ0) is 11.4. The first-order valence-corrected chi connectivity index (χ1v) is 6.43. The van der Waals surface area contributed by atoms with Crippen LogP contribution in [0.25, 0.3) is 0 Å². The molecule has 2 nitrogen and oxygen atoms in total. The minimum absolute atomic E-state index is 0.604. The van der Waals surface area contributed by atoms with Gasteiger partial charge in [-0.25, -0.2) is 0 Å². The van der Waals surface area contributed by atoms with Gasteiger partial charge in [-0.2, -0.15) is 0 Å². The number of likely N-dealkylation sites (N-methyl/N-ethyl adjacent to an activating group) is 1. The zero-order valence-electron chi connectivity index (χ0n) is 10.4. The van der Waals surface area contributed by atoms with Crippen LogP contribution in [-0.2, 0) is 12.8 Å². The van der Waals surface area contributed by atoms with E-state index in [0.29, 0.717) is 6.04 Å². The van der Waals surface area contributed by atoms with E-state index in [1.807, 2.05) is 6.20 Å². The van der Waals surface area contributed by atoms with Crippen LogP contribution in [0.15, 0.2) is 18.3 Å². The van der Waals surface area contributed by atoms with Crippen LogP contribution in [0.1, 0.15) is 37.4 Å². The third-order valence-corrected chi connectivity index (χ3v) is 3.47. The molecule has 1 saturated carbocycles. The van der Waals surface area contributed by atoms with Crippen LogP contribution in [0.3, 0.4) is 0 Å². The van der Waals surface area contributed by atoms with Crippen molar-refractivity contribution in [1.29, 1.82) is 0 Å². The molecule has 16 heavy (non-hydrogen) atoms. The molecule has 1 aliphatic carbocycles. The van der Waals surface area contributed by atoms with E-state index in [1.54, 1.807) is 0 Å². The fraction of sp³-hybridized carbons (Fsp3) is 0.643. The smallest absolute Gasteiger partial charge is 0.0419 e. The van der Waals surface area contributed by atoms with Crippen LogP contribution in [0, 0.1) is 5.92 Å². The van der Waals surface area contributed by atoms with Gasteiger partial charge in [0.05, 0.1) is 0 Å². The molecule has 88 valence electrons. The summed E-state index contributed by atoms with van der Waals surface area (Å²) < 4.78 is 0. The highest BCUT2D eigenvalue weighted by Gasteiger charge is 2.24. The molecular formula is C14H22N2. The minimum Gasteiger partial charge on any atom is -0.317 e. The molecule has 2 heteroatoms. The van der Waals surface area contributed by atoms with Crippen LogP contribution in [0.4, 0.5) is 0 Å². The zero-order valence-corrected chi connectivity index (χ0v) is 10.4. The summed E-state index contributed by atoms with van der Waals surface area (Å²) in [6, 6.07) is 4.98. The number of hydrogen-bond acceptors (Lipinski definition) is 2. The fourth-order valence-corrected chi connectivity index (χ4v) is 2.10. The number of pyridine rings is 1. The largest absolute Gasteiger partial charge is 0.317 e. The first kappa shape index (κ1) is 11.6. The van der Waals surface area contributed by atoms with Crippen molar-refractivity contribution in [3.63, 3.8) is 0 Å². The lowest BCUT2D eigenvalue weighted by atomic mass is 10.0. The Balaban J connectivity index is 1.89. The van der Waals surface area contributed by atoms with Gasteiger partial charge in [-0.1, -0.05) is 25.8 Å². The quantitative estimate of drug-likeness (QED) is 0.794. The summed E-state index contributed by atoms with van der Waals surface area (Å²) in [5, 5.41) is 3.41. The number of hydrogen-bond donors (Lipinski definition) is 1. The highest BCUT2D eigenvalue weighted by atomic mass is 14.9. The van der Waals surface area contributed by atoms with E-state index < -0.39 is 0 Å². The number of rotatable bonds is 6. The predicted molar refractivity (Wildman–Crippen MR) is 67.5 cm³/mol. The average molecular weight is 218 g/mol. The summed E-state index contributed by atoms with van der Waals surface area (Å²) in [6.45, 7) is 2.17. The summed E-state index contributed by atoms with van der Waals surface area (Å²) in [4.78, 5) is 4.52. The van der Waals surface area contributed by atoms with Crippen molar-refractivity contribution in [2.45, 2.75) is 45.1 Å². The molecule has 1 fully saturated rings. The number of nitrogens with zero attached hydrogens (tertiary/aromatic N) is 1. The molecule has 0 aliphatic heterocycles. The normalized spacial score (nSPS) is 17.4. The van der Waals surface area contributed by atoms with Gasteiger partial charge in [-0.05, 0) is 37.4 Å². The molecule has 1 aliphatic rings. The van der Waals surface area contributed by atoms with Crippen molar-refractivity contribution >= 4 is 0 Å². The van der Waals surface area contributed by atoms with Crippen molar-refractivity contribution in [3.05, 3.63) is 29.6 Å². The van der Waals surface area contributed by atoms with Gasteiger partial charge in [0, 0.05) is 24.4 Å². The van der Waals surface area contributed by atoms with Gasteiger partial charge in [-0.15, -0.1) is 0 Å². The van der Waals surface area contributed by atoms with E-state index in [4.69, 9.17) is 0 Å². The van der Waals surface area contributed by atoms with E-state index in [1.165, 1.54) is 30.5 Å². The first-order valence-electron chi connectivity index (χ1n) is 6.43. The Morgan fingerprint density at radius 3 is 2.75 bits per heavy atom. The third kappa shape index (κ3) is 3.31. The lowest BCUT2D eigenvalue weighted by Crippen LogP contribution is -2.28. The molecule has 1 heterocycles. The summed E-state index contributed by atoms with van der Waals surface area (Å²) in [6.07, 6.45) is 8.33. The molecule has 0 aromatic carbocycles. The molecule has 1 N–H and O–H groups in total. The van der Waals surface area contributed by atoms with Crippen LogP contribution < -0.4 is 5.32 Å². The Morgan fingerprint density at radius 1 is 1.44 bits per heavy atom. The van der Waals surface area contributed by atoms with E-state index in [9.17, 15) is 0 Å². The van der Waals surface area contributed by atoms with Crippen LogP contribution >= 0.6 is 0 Å². The van der Waals surface area contributed by atoms with Gasteiger partial charge in [0.2, 0.25) is 0 Å². The Labute approximate surface area is 98.5 Å². The molecule has 1 aromatic rings. The molecule has 1 unspecified atom stereocenters. The monoisotopic (exact) mass is 218 g/mol. The fourth-order valence-electron chi connectivity index (χ4n) is 2.10. The van der Waals surface area contributed by atoms with E-state index in [2.05, 4.69) is 36.4 Å². The Bertz CT molecular complexity index is 314. The van der Waals surface area contributed by atoms with E-state index >= 15 is 0 Å². The standard InChI is InChI=1S/C14H22N2/c1-3-11-6-7-13(16-10-11)9-14(15-2)8-12-4-5-12/h6-7,10,12,14-15H,3-5,8-9H2,1-2H3. The van der Waals surface area contributed by atoms with Crippen molar-refractivity contribution in [2.24, 2.45) is 5.92 Å². The van der Waals surface area contributed by atoms with E-state index in [-0.39, 0.29) is 0 Å². The second kappa shape index (κ2) is 5.44. The molecular weight excluding hydrogens is 196 g/mol. The lowest BCUT2D eigenvalue weighted by molar-refractivity contribution is 0.486. The number of nitrogens with one attached hydrogen (secondary N) is 1. The Morgan fingerprint density at radius 2 is 2.25 bits per heavy atom. The summed E-state index contributed by atoms with van der Waals surface area (Å²) in [5.74, 6) is 0.979. The Hall–Kier alpha value is -0.890. The molecule has 2 rings (SSSR count). The summed E-state index contributed by atoms with van der Waals surface area (Å²) >= 11 is 0. The van der Waals surface area contributed by atoms with Gasteiger partial charge >= 0.3 is 0 Å². The number of aryl methyl sites for hydroxylation is 1. The van der Waals surface area contributed by atoms with E-state index in [0.717, 1.165) is 18.8 Å². The van der Waals surface area contributed by atoms with Crippen LogP contribution in [0.5, 0.6) is 0 Å². The summed E-state index contributed by atoms with van der Waals surface area (Å²) in [7, 11) is 2.06. The lowest BCUT2D eigenvalue weighted by Gasteiger charge is -2.15. The maximum absolute atomic E-state index is 4.52. The summed E-state index contributed by atoms with van der Waals surface area (Å²) in [5.41, 5.74) is 2.55. The van der Waals surface area contributed by atoms with Gasteiger partial charge in [0.25, 0.3) is 0 Å². The van der Waals surface area contributed by atoms with Crippen molar-refractivity contribution in [3.8, 4) is 0 Å². The SMILES string of the molecule is CCc1ccc(CC(CC2CC2)NC)nc1. The third-order valence-electron chi connectivity index (χ3n) is 3.47. The highest BCUT2D eigenvalue weighted by Crippen LogP contribution is 2.33. The number of aromatic nitrogens is 1. The van der Waals surface area contributed by atoms with Gasteiger partial charge in [0.15, 0.2) is 0 Å². The molecule has 0 bridgehead atoms. The molecule has 0 spiro atoms. The molecule has 0 radical (unpaired) electrons. The maximum Gasteiger partial charge on any atom is 0.0419 e. The van der Waals surface area contributed by atoms with Crippen LogP contribution in [-0.4, -0.2) is 18.1 Å². The highest BCUT2D eigenvalue weighted by molar-refractivity contribution is 5.14. The van der Waals surface area contributed by atoms with Crippen molar-refractivity contribution in [1.82, 2.24) is 10.3 Å². The van der Waals surface area contributed by atoms with Gasteiger partial charge in [0.1, 0.15) is 0 Å². The van der Waals surface area contributed by atoms with Crippen molar-refractivity contribution < 1.29 is 0 Å². The predicted octanol–water partition coefficient (Wildman–Crippen LogP) is 2.57. The molecule has 0 amide bonds. The second-order valence-electron chi connectivity index (χ2n) is 4.88. The topological polar surface area (TPSA) is 24.9 Å². The van der Waals surface area contributed by atoms with Gasteiger partial charge < -0.3 is 5.32 Å². The van der Waals surface area contributed by atoms with Crippen molar-refractivity contribution in [2.75, 3.05) is 7.05 Å².